The summed E-state index contributed by atoms with van der Waals surface area (Å²) in [6, 6.07) is 0. The van der Waals surface area contributed by atoms with Gasteiger partial charge < -0.3 is 0 Å². The van der Waals surface area contributed by atoms with E-state index in [-0.39, 0.29) is 0 Å². The van der Waals surface area contributed by atoms with Crippen LogP contribution < -0.4 is 0 Å². The topological polar surface area (TPSA) is 0 Å². The Bertz CT molecular complexity index is 364. The first-order chi connectivity index (χ1) is 18.7. The fourth-order valence-corrected chi connectivity index (χ4v) is 18.6. The molecule has 0 saturated heterocycles. The van der Waals surface area contributed by atoms with Gasteiger partial charge in [-0.25, -0.2) is 0 Å². The average molecular weight is 662 g/mol. The summed E-state index contributed by atoms with van der Waals surface area (Å²) in [5.41, 5.74) is 0. The zero-order chi connectivity index (χ0) is 27.8. The molecule has 0 atom stereocenters. The number of rotatable bonds is 33. The van der Waals surface area contributed by atoms with E-state index in [1.165, 1.54) is 206 Å². The molecule has 0 aromatic heterocycles. The second-order valence-corrected chi connectivity index (χ2v) is 29.2. The molecule has 230 valence electrons. The normalized spacial score (nSPS) is 12.0. The van der Waals surface area contributed by atoms with E-state index in [1.54, 1.807) is 0 Å². The van der Waals surface area contributed by atoms with Crippen molar-refractivity contribution in [3.63, 3.8) is 0 Å². The Balaban J connectivity index is 4.06. The molecule has 0 fully saturated rings. The summed E-state index contributed by atoms with van der Waals surface area (Å²) in [4.78, 5) is 0. The van der Waals surface area contributed by atoms with Gasteiger partial charge in [-0.05, 0) is 0 Å². The van der Waals surface area contributed by atoms with Crippen molar-refractivity contribution >= 4 is 26.2 Å². The van der Waals surface area contributed by atoms with Crippen LogP contribution in [0.15, 0.2) is 0 Å². The van der Waals surface area contributed by atoms with Crippen molar-refractivity contribution in [2.75, 3.05) is 0 Å². The summed E-state index contributed by atoms with van der Waals surface area (Å²) < 4.78 is 4.42. The number of hydrogen-bond acceptors (Lipinski definition) is 0. The molecule has 0 nitrogen and oxygen atoms in total. The molecule has 0 aliphatic rings. The van der Waals surface area contributed by atoms with Crippen LogP contribution in [0, 0.1) is 0 Å². The van der Waals surface area contributed by atoms with E-state index in [0.717, 1.165) is 0 Å². The standard InChI is InChI=1S/3C12H25.ClH.Sn/c3*1-3-5-7-9-11-12-10-8-6-4-2;;/h3*1,3-12H2,2H3;1H;/q;;;;+1/p-1. The van der Waals surface area contributed by atoms with Crippen LogP contribution in [0.4, 0.5) is 0 Å². The van der Waals surface area contributed by atoms with Gasteiger partial charge in [-0.1, -0.05) is 0 Å². The van der Waals surface area contributed by atoms with Gasteiger partial charge in [0.2, 0.25) is 0 Å². The van der Waals surface area contributed by atoms with Crippen LogP contribution in [-0.4, -0.2) is 17.3 Å². The maximum atomic E-state index is 7.58. The molecular weight excluding hydrogens is 587 g/mol. The van der Waals surface area contributed by atoms with Crippen molar-refractivity contribution in [1.82, 2.24) is 0 Å². The Hall–Kier alpha value is 1.09. The first kappa shape index (κ1) is 39.1. The van der Waals surface area contributed by atoms with Gasteiger partial charge in [-0.15, -0.1) is 0 Å². The minimum absolute atomic E-state index is 1.37. The first-order valence-corrected chi connectivity index (χ1v) is 28.0. The van der Waals surface area contributed by atoms with Gasteiger partial charge in [0.15, 0.2) is 0 Å². The van der Waals surface area contributed by atoms with Gasteiger partial charge in [-0.3, -0.25) is 0 Å². The van der Waals surface area contributed by atoms with Crippen LogP contribution in [0.25, 0.3) is 0 Å². The molecule has 0 N–H and O–H groups in total. The third kappa shape index (κ3) is 30.1. The van der Waals surface area contributed by atoms with E-state index in [9.17, 15) is 0 Å². The molecule has 0 radical (unpaired) electrons. The Morgan fingerprint density at radius 3 is 0.605 bits per heavy atom. The third-order valence-corrected chi connectivity index (χ3v) is 23.4. The number of hydrogen-bond donors (Lipinski definition) is 0. The second-order valence-electron chi connectivity index (χ2n) is 12.9. The summed E-state index contributed by atoms with van der Waals surface area (Å²) in [5.74, 6) is 0. The number of halogens is 1. The molecule has 2 heteroatoms. The summed E-state index contributed by atoms with van der Waals surface area (Å²) in [5, 5.41) is 0. The predicted molar refractivity (Wildman–Crippen MR) is 182 cm³/mol. The van der Waals surface area contributed by atoms with Gasteiger partial charge >= 0.3 is 253 Å². The summed E-state index contributed by atoms with van der Waals surface area (Å²) in [6.45, 7) is 6.94. The van der Waals surface area contributed by atoms with Crippen LogP contribution >= 0.6 is 8.92 Å². The summed E-state index contributed by atoms with van der Waals surface area (Å²) >= 11 is -2.39. The van der Waals surface area contributed by atoms with Crippen LogP contribution in [0.2, 0.25) is 13.3 Å². The second kappa shape index (κ2) is 32.6. The van der Waals surface area contributed by atoms with E-state index in [1.807, 2.05) is 0 Å². The van der Waals surface area contributed by atoms with Crippen LogP contribution in [0.1, 0.15) is 213 Å². The van der Waals surface area contributed by atoms with E-state index in [4.69, 9.17) is 8.92 Å². The van der Waals surface area contributed by atoms with Gasteiger partial charge in [0.1, 0.15) is 0 Å². The van der Waals surface area contributed by atoms with E-state index >= 15 is 0 Å². The third-order valence-electron chi connectivity index (χ3n) is 8.94. The maximum absolute atomic E-state index is 7.58. The molecule has 0 aromatic carbocycles. The SMILES string of the molecule is CCCCCCCCCCC[CH2][Sn]([Cl])([CH2]CCCCCCCCCCC)[CH2]CCCCCCCCCCC. The molecule has 0 bridgehead atoms. The molecule has 0 unspecified atom stereocenters. The van der Waals surface area contributed by atoms with Crippen LogP contribution in [-0.2, 0) is 0 Å². The van der Waals surface area contributed by atoms with Gasteiger partial charge in [0, 0.05) is 0 Å². The summed E-state index contributed by atoms with van der Waals surface area (Å²) in [6.07, 6.45) is 43.5. The van der Waals surface area contributed by atoms with Crippen LogP contribution in [0.5, 0.6) is 0 Å². The Labute approximate surface area is 251 Å². The van der Waals surface area contributed by atoms with Crippen molar-refractivity contribution in [1.29, 1.82) is 0 Å². The van der Waals surface area contributed by atoms with E-state index in [2.05, 4.69) is 20.8 Å². The molecule has 0 rings (SSSR count). The molecular formula is C36H75ClSn. The average Bonchev–Trinajstić information content (AvgIpc) is 2.92. The summed E-state index contributed by atoms with van der Waals surface area (Å²) in [7, 11) is 7.58. The first-order valence-electron chi connectivity index (χ1n) is 18.4. The van der Waals surface area contributed by atoms with Crippen molar-refractivity contribution < 1.29 is 0 Å². The van der Waals surface area contributed by atoms with Gasteiger partial charge in [-0.2, -0.15) is 0 Å². The predicted octanol–water partition coefficient (Wildman–Crippen LogP) is 14.9. The molecule has 0 aliphatic carbocycles. The van der Waals surface area contributed by atoms with Crippen molar-refractivity contribution in [3.05, 3.63) is 0 Å². The Morgan fingerprint density at radius 1 is 0.263 bits per heavy atom. The Morgan fingerprint density at radius 2 is 0.421 bits per heavy atom. The molecule has 38 heavy (non-hydrogen) atoms. The zero-order valence-corrected chi connectivity index (χ0v) is 30.8. The molecule has 0 aromatic rings. The quantitative estimate of drug-likeness (QED) is 0.0485. The van der Waals surface area contributed by atoms with E-state index in [0.29, 0.717) is 0 Å². The Kier molecular flexibility index (Phi) is 33.5. The van der Waals surface area contributed by atoms with Crippen molar-refractivity contribution in [2.24, 2.45) is 0 Å². The van der Waals surface area contributed by atoms with Gasteiger partial charge in [0.25, 0.3) is 0 Å². The number of unbranched alkanes of at least 4 members (excludes halogenated alkanes) is 27. The van der Waals surface area contributed by atoms with Crippen molar-refractivity contribution in [3.8, 4) is 0 Å². The zero-order valence-electron chi connectivity index (χ0n) is 27.2. The fraction of sp³-hybridized carbons (Fsp3) is 1.00. The molecule has 0 aliphatic heterocycles. The van der Waals surface area contributed by atoms with E-state index < -0.39 is 17.3 Å². The monoisotopic (exact) mass is 662 g/mol. The molecule has 0 amide bonds. The van der Waals surface area contributed by atoms with Crippen LogP contribution in [0.3, 0.4) is 0 Å². The molecule has 0 heterocycles. The van der Waals surface area contributed by atoms with Crippen molar-refractivity contribution in [2.45, 2.75) is 227 Å². The molecule has 0 saturated carbocycles. The minimum atomic E-state index is -2.39. The molecule has 0 spiro atoms. The van der Waals surface area contributed by atoms with Gasteiger partial charge in [0.05, 0.1) is 0 Å². The fourth-order valence-electron chi connectivity index (χ4n) is 6.16.